The van der Waals surface area contributed by atoms with Crippen LogP contribution in [0, 0.1) is 23.7 Å². The quantitative estimate of drug-likeness (QED) is 0.0474. The summed E-state index contributed by atoms with van der Waals surface area (Å²) in [7, 11) is 0. The van der Waals surface area contributed by atoms with Crippen molar-refractivity contribution >= 4 is 11.4 Å². The van der Waals surface area contributed by atoms with Crippen LogP contribution < -0.4 is 9.80 Å². The topological polar surface area (TPSA) is 6.48 Å². The summed E-state index contributed by atoms with van der Waals surface area (Å²) in [4.78, 5) is 5.31. The molecule has 9 aromatic rings. The molecule has 2 heteroatoms. The molecule has 0 aliphatic carbocycles. The molecule has 86 heavy (non-hydrogen) atoms. The first-order chi connectivity index (χ1) is 41.9. The SMILES string of the molecule is CC(C)CCC(CCC(C)C)c1cc(C(C)c2ccccc2)c(N2C=CN(c3c(C(c4ccccc4)c4ccccc4)cc(C(CCC(C)C)CCC(C)C)cc3C(c3ccccc3)c3ccccc3)C2)c(C(c2ccccc2)c2ccccc2)c1. The molecule has 442 valence electrons. The predicted octanol–water partition coefficient (Wildman–Crippen LogP) is 23.0. The molecule has 1 atom stereocenters. The van der Waals surface area contributed by atoms with E-state index in [-0.39, 0.29) is 23.7 Å². The lowest BCUT2D eigenvalue weighted by atomic mass is 9.75. The molecular formula is C84H96N2. The van der Waals surface area contributed by atoms with Crippen LogP contribution in [0.5, 0.6) is 0 Å². The van der Waals surface area contributed by atoms with Crippen LogP contribution in [0.2, 0.25) is 0 Å². The largest absolute Gasteiger partial charge is 0.327 e. The Morgan fingerprint density at radius 1 is 0.256 bits per heavy atom. The third kappa shape index (κ3) is 15.1. The number of hydrogen-bond donors (Lipinski definition) is 0. The second-order valence-corrected chi connectivity index (χ2v) is 26.6. The molecule has 0 fully saturated rings. The van der Waals surface area contributed by atoms with E-state index < -0.39 is 0 Å². The van der Waals surface area contributed by atoms with Gasteiger partial charge < -0.3 is 9.80 Å². The lowest BCUT2D eigenvalue weighted by Gasteiger charge is -2.36. The van der Waals surface area contributed by atoms with Gasteiger partial charge in [0.1, 0.15) is 0 Å². The maximum absolute atomic E-state index is 2.69. The Morgan fingerprint density at radius 2 is 0.477 bits per heavy atom. The first-order valence-corrected chi connectivity index (χ1v) is 32.8. The van der Waals surface area contributed by atoms with Crippen LogP contribution in [0.15, 0.2) is 249 Å². The highest BCUT2D eigenvalue weighted by molar-refractivity contribution is 5.76. The van der Waals surface area contributed by atoms with Gasteiger partial charge in [-0.15, -0.1) is 0 Å². The summed E-state index contributed by atoms with van der Waals surface area (Å²) in [5.41, 5.74) is 20.2. The molecule has 1 aliphatic heterocycles. The van der Waals surface area contributed by atoms with E-state index in [9.17, 15) is 0 Å². The minimum atomic E-state index is -0.0470. The van der Waals surface area contributed by atoms with Crippen molar-refractivity contribution in [1.82, 2.24) is 0 Å². The highest BCUT2D eigenvalue weighted by Crippen LogP contribution is 2.51. The second kappa shape index (κ2) is 29.6. The Balaban J connectivity index is 1.28. The summed E-state index contributed by atoms with van der Waals surface area (Å²) in [6.07, 6.45) is 14.3. The number of hydrogen-bond acceptors (Lipinski definition) is 2. The Kier molecular flexibility index (Phi) is 21.1. The van der Waals surface area contributed by atoms with Gasteiger partial charge in [-0.05, 0) is 134 Å². The van der Waals surface area contributed by atoms with Crippen LogP contribution >= 0.6 is 0 Å². The lowest BCUT2D eigenvalue weighted by molar-refractivity contribution is 0.441. The zero-order valence-electron chi connectivity index (χ0n) is 53.2. The summed E-state index contributed by atoms with van der Waals surface area (Å²) in [6.45, 7) is 22.3. The molecule has 1 aliphatic rings. The molecule has 0 saturated carbocycles. The zero-order valence-corrected chi connectivity index (χ0v) is 53.2. The van der Waals surface area contributed by atoms with Crippen molar-refractivity contribution in [1.29, 1.82) is 0 Å². The molecule has 1 unspecified atom stereocenters. The number of rotatable bonds is 27. The van der Waals surface area contributed by atoms with Crippen LogP contribution in [-0.2, 0) is 0 Å². The van der Waals surface area contributed by atoms with Gasteiger partial charge in [-0.2, -0.15) is 0 Å². The molecule has 0 saturated heterocycles. The van der Waals surface area contributed by atoms with Crippen LogP contribution in [0.4, 0.5) is 11.4 Å². The molecule has 9 aromatic carbocycles. The molecule has 0 amide bonds. The fourth-order valence-corrected chi connectivity index (χ4v) is 13.8. The summed E-state index contributed by atoms with van der Waals surface area (Å²) in [6, 6.07) is 90.4. The van der Waals surface area contributed by atoms with Gasteiger partial charge >= 0.3 is 0 Å². The van der Waals surface area contributed by atoms with Crippen molar-refractivity contribution < 1.29 is 0 Å². The summed E-state index contributed by atoms with van der Waals surface area (Å²) in [5, 5.41) is 0. The monoisotopic (exact) mass is 1130 g/mol. The zero-order chi connectivity index (χ0) is 59.9. The Bertz CT molecular complexity index is 3250. The fraction of sp³-hybridized carbons (Fsp3) is 0.333. The molecule has 0 bridgehead atoms. The van der Waals surface area contributed by atoms with E-state index in [0.717, 1.165) is 12.8 Å². The van der Waals surface area contributed by atoms with E-state index in [2.05, 4.69) is 321 Å². The Labute approximate surface area is 519 Å². The van der Waals surface area contributed by atoms with Crippen molar-refractivity contribution in [2.75, 3.05) is 16.5 Å². The first kappa shape index (κ1) is 61.4. The van der Waals surface area contributed by atoms with Crippen molar-refractivity contribution in [3.63, 3.8) is 0 Å². The number of nitrogens with zero attached hydrogens (tertiary/aromatic N) is 2. The average Bonchev–Trinajstić information content (AvgIpc) is 1.93. The van der Waals surface area contributed by atoms with E-state index in [1.807, 2.05) is 0 Å². The average molecular weight is 1130 g/mol. The fourth-order valence-electron chi connectivity index (χ4n) is 13.8. The molecule has 10 rings (SSSR count). The van der Waals surface area contributed by atoms with Crippen LogP contribution in [0.25, 0.3) is 0 Å². The number of benzene rings is 9. The van der Waals surface area contributed by atoms with Gasteiger partial charge in [0.05, 0.1) is 18.0 Å². The Morgan fingerprint density at radius 3 is 0.721 bits per heavy atom. The van der Waals surface area contributed by atoms with E-state index in [1.165, 1.54) is 122 Å². The molecule has 0 spiro atoms. The maximum Gasteiger partial charge on any atom is 0.0989 e. The van der Waals surface area contributed by atoms with E-state index in [0.29, 0.717) is 42.2 Å². The third-order valence-electron chi connectivity index (χ3n) is 18.5. The minimum absolute atomic E-state index is 0.0209. The van der Waals surface area contributed by atoms with Crippen LogP contribution in [0.1, 0.15) is 222 Å². The lowest BCUT2D eigenvalue weighted by Crippen LogP contribution is -2.30. The van der Waals surface area contributed by atoms with Gasteiger partial charge in [0.15, 0.2) is 0 Å². The Hall–Kier alpha value is -7.68. The summed E-state index contributed by atoms with van der Waals surface area (Å²) in [5.74, 6) is 3.30. The first-order valence-electron chi connectivity index (χ1n) is 32.8. The highest BCUT2D eigenvalue weighted by Gasteiger charge is 2.36. The van der Waals surface area contributed by atoms with Crippen LogP contribution in [-0.4, -0.2) is 6.67 Å². The van der Waals surface area contributed by atoms with Crippen molar-refractivity contribution in [3.05, 3.63) is 321 Å². The summed E-state index contributed by atoms with van der Waals surface area (Å²) >= 11 is 0. The van der Waals surface area contributed by atoms with E-state index in [4.69, 9.17) is 0 Å². The van der Waals surface area contributed by atoms with Crippen molar-refractivity contribution in [3.8, 4) is 0 Å². The highest BCUT2D eigenvalue weighted by atomic mass is 15.3. The molecular weight excluding hydrogens is 1040 g/mol. The van der Waals surface area contributed by atoms with Crippen LogP contribution in [0.3, 0.4) is 0 Å². The number of anilines is 2. The standard InChI is InChI=1S/C84H96N2/c1-60(2)45-49-66(50-46-61(3)4)74-55-76(64(9)65-31-17-10-18-32-65)83(77(56-74)80(68-33-19-11-20-34-68)69-35-21-12-22-36-69)85-53-54-86(59-85)84-78(81(70-37-23-13-24-38-70)71-39-25-14-26-40-71)57-75(67(51-47-62(5)6)52-48-63(7)8)58-79(84)82(72-41-27-15-28-42-72)73-43-29-16-30-44-73/h10-44,53-58,60-64,66-67,80-82H,45-52,59H2,1-9H3. The van der Waals surface area contributed by atoms with E-state index >= 15 is 0 Å². The minimum Gasteiger partial charge on any atom is -0.327 e. The molecule has 0 N–H and O–H groups in total. The van der Waals surface area contributed by atoms with Gasteiger partial charge in [0.25, 0.3) is 0 Å². The van der Waals surface area contributed by atoms with Gasteiger partial charge in [0, 0.05) is 36.1 Å². The molecule has 2 nitrogen and oxygen atoms in total. The third-order valence-corrected chi connectivity index (χ3v) is 18.5. The van der Waals surface area contributed by atoms with Gasteiger partial charge in [0.2, 0.25) is 0 Å². The predicted molar refractivity (Wildman–Crippen MR) is 369 cm³/mol. The van der Waals surface area contributed by atoms with E-state index in [1.54, 1.807) is 0 Å². The smallest absolute Gasteiger partial charge is 0.0989 e. The van der Waals surface area contributed by atoms with Gasteiger partial charge in [-0.3, -0.25) is 0 Å². The second-order valence-electron chi connectivity index (χ2n) is 26.6. The van der Waals surface area contributed by atoms with Crippen molar-refractivity contribution in [2.45, 2.75) is 149 Å². The molecule has 0 radical (unpaired) electrons. The molecule has 1 heterocycles. The molecule has 0 aromatic heterocycles. The summed E-state index contributed by atoms with van der Waals surface area (Å²) < 4.78 is 0. The van der Waals surface area contributed by atoms with Crippen molar-refractivity contribution in [2.24, 2.45) is 23.7 Å². The maximum atomic E-state index is 2.69. The van der Waals surface area contributed by atoms with Gasteiger partial charge in [-0.1, -0.05) is 325 Å². The normalized spacial score (nSPS) is 13.1. The van der Waals surface area contributed by atoms with Gasteiger partial charge in [-0.25, -0.2) is 0 Å².